The van der Waals surface area contributed by atoms with Crippen molar-refractivity contribution in [3.63, 3.8) is 0 Å². The van der Waals surface area contributed by atoms with Crippen LogP contribution in [0, 0.1) is 11.3 Å². The molecule has 0 spiro atoms. The number of carbonyl (C=O) groups excluding carboxylic acids is 2. The molecule has 1 aromatic heterocycles. The van der Waals surface area contributed by atoms with Crippen molar-refractivity contribution in [2.75, 3.05) is 37.6 Å². The van der Waals surface area contributed by atoms with Crippen LogP contribution >= 0.6 is 0 Å². The number of aromatic nitrogens is 2. The second-order valence-corrected chi connectivity index (χ2v) is 8.16. The lowest BCUT2D eigenvalue weighted by Gasteiger charge is -2.41. The summed E-state index contributed by atoms with van der Waals surface area (Å²) in [7, 11) is 0. The highest BCUT2D eigenvalue weighted by molar-refractivity contribution is 5.92. The maximum Gasteiger partial charge on any atom is 0.411 e. The molecule has 1 aliphatic heterocycles. The molecule has 0 bridgehead atoms. The summed E-state index contributed by atoms with van der Waals surface area (Å²) in [6.45, 7) is -0.338. The lowest BCUT2D eigenvalue weighted by molar-refractivity contribution is -0.322. The first-order valence-corrected chi connectivity index (χ1v) is 10.1. The van der Waals surface area contributed by atoms with Gasteiger partial charge in [-0.25, -0.2) is 0 Å². The first-order chi connectivity index (χ1) is 14.8. The highest BCUT2D eigenvalue weighted by Gasteiger charge is 2.73. The Kier molecular flexibility index (Phi) is 6.57. The lowest BCUT2D eigenvalue weighted by atomic mass is 9.86. The number of nitrogens with zero attached hydrogens (tertiary/aromatic N) is 4. The van der Waals surface area contributed by atoms with Gasteiger partial charge < -0.3 is 15.1 Å². The zero-order chi connectivity index (χ0) is 23.7. The van der Waals surface area contributed by atoms with Gasteiger partial charge >= 0.3 is 12.4 Å². The molecule has 3 rings (SSSR count). The van der Waals surface area contributed by atoms with Crippen molar-refractivity contribution in [2.24, 2.45) is 11.3 Å². The maximum absolute atomic E-state index is 13.1. The van der Waals surface area contributed by atoms with E-state index in [1.807, 2.05) is 0 Å². The number of halogens is 6. The number of nitrogens with one attached hydrogen (secondary N) is 1. The molecule has 2 aliphatic rings. The van der Waals surface area contributed by atoms with Gasteiger partial charge in [-0.15, -0.1) is 10.2 Å². The third-order valence-electron chi connectivity index (χ3n) is 5.87. The van der Waals surface area contributed by atoms with Gasteiger partial charge in [-0.3, -0.25) is 9.59 Å². The zero-order valence-electron chi connectivity index (χ0n) is 17.3. The summed E-state index contributed by atoms with van der Waals surface area (Å²) < 4.78 is 78.8. The van der Waals surface area contributed by atoms with Crippen molar-refractivity contribution >= 4 is 17.6 Å². The normalized spacial score (nSPS) is 18.0. The van der Waals surface area contributed by atoms with E-state index in [0.717, 1.165) is 6.42 Å². The van der Waals surface area contributed by atoms with Crippen LogP contribution in [0.5, 0.6) is 0 Å². The third-order valence-corrected chi connectivity index (χ3v) is 5.87. The summed E-state index contributed by atoms with van der Waals surface area (Å²) in [4.78, 5) is 26.4. The second-order valence-electron chi connectivity index (χ2n) is 8.16. The van der Waals surface area contributed by atoms with E-state index in [2.05, 4.69) is 15.5 Å². The number of piperazine rings is 1. The molecule has 1 saturated heterocycles. The predicted molar refractivity (Wildman–Crippen MR) is 101 cm³/mol. The Balaban J connectivity index is 1.57. The van der Waals surface area contributed by atoms with Crippen molar-refractivity contribution in [1.82, 2.24) is 20.4 Å². The summed E-state index contributed by atoms with van der Waals surface area (Å²) in [5.41, 5.74) is -4.37. The van der Waals surface area contributed by atoms with E-state index in [0.29, 0.717) is 23.2 Å². The van der Waals surface area contributed by atoms with Gasteiger partial charge in [0.25, 0.3) is 5.91 Å². The first-order valence-electron chi connectivity index (χ1n) is 10.1. The van der Waals surface area contributed by atoms with Crippen LogP contribution in [0.2, 0.25) is 0 Å². The van der Waals surface area contributed by atoms with Crippen molar-refractivity contribution in [3.8, 4) is 0 Å². The molecule has 0 atom stereocenters. The molecular formula is C19H23F6N5O2. The van der Waals surface area contributed by atoms with E-state index < -0.39 is 23.7 Å². The summed E-state index contributed by atoms with van der Waals surface area (Å²) in [5.74, 6) is -1.43. The number of alkyl halides is 6. The minimum atomic E-state index is -5.78. The van der Waals surface area contributed by atoms with E-state index >= 15 is 0 Å². The second kappa shape index (κ2) is 8.74. The summed E-state index contributed by atoms with van der Waals surface area (Å²) >= 11 is 0. The number of rotatable bonds is 6. The lowest BCUT2D eigenvalue weighted by Crippen LogP contribution is -2.61. The molecule has 1 saturated carbocycles. The van der Waals surface area contributed by atoms with Gasteiger partial charge in [0.1, 0.15) is 0 Å². The van der Waals surface area contributed by atoms with Crippen molar-refractivity contribution in [1.29, 1.82) is 0 Å². The Hall–Kier alpha value is -2.60. The Morgan fingerprint density at radius 2 is 1.59 bits per heavy atom. The number of hydrogen-bond donors (Lipinski definition) is 1. The minimum absolute atomic E-state index is 0.0286. The third kappa shape index (κ3) is 4.90. The van der Waals surface area contributed by atoms with Crippen LogP contribution < -0.4 is 10.2 Å². The summed E-state index contributed by atoms with van der Waals surface area (Å²) in [5, 5.41) is 10.5. The van der Waals surface area contributed by atoms with Crippen LogP contribution in [0.3, 0.4) is 0 Å². The quantitative estimate of drug-likeness (QED) is 0.652. The minimum Gasteiger partial charge on any atom is -0.352 e. The highest BCUT2D eigenvalue weighted by Crippen LogP contribution is 2.51. The molecular weight excluding hydrogens is 444 g/mol. The van der Waals surface area contributed by atoms with Gasteiger partial charge in [0, 0.05) is 32.7 Å². The SMILES string of the molecule is CC(C(=O)N1CCN(c2ccc(C(=O)NCCC3CC3)nn2)CC1)(C(F)(F)F)C(F)(F)F. The monoisotopic (exact) mass is 467 g/mol. The van der Waals surface area contributed by atoms with E-state index in [9.17, 15) is 35.9 Å². The number of carbonyl (C=O) groups is 2. The molecule has 1 aliphatic carbocycles. The molecule has 178 valence electrons. The van der Waals surface area contributed by atoms with Gasteiger partial charge in [0.2, 0.25) is 11.3 Å². The molecule has 7 nitrogen and oxygen atoms in total. The van der Waals surface area contributed by atoms with E-state index in [1.54, 1.807) is 4.90 Å². The van der Waals surface area contributed by atoms with Crippen LogP contribution in [0.15, 0.2) is 12.1 Å². The Labute approximate surface area is 180 Å². The standard InChI is InChI=1S/C19H23F6N5O2/c1-17(18(20,21)22,19(23,24)25)16(32)30-10-8-29(9-11-30)14-5-4-13(27-28-14)15(31)26-7-6-12-2-3-12/h4-5,12H,2-3,6-11H2,1H3,(H,26,31). The van der Waals surface area contributed by atoms with Crippen LogP contribution in [0.1, 0.15) is 36.7 Å². The average Bonchev–Trinajstić information content (AvgIpc) is 3.55. The number of anilines is 1. The van der Waals surface area contributed by atoms with Crippen molar-refractivity contribution in [3.05, 3.63) is 17.8 Å². The molecule has 32 heavy (non-hydrogen) atoms. The van der Waals surface area contributed by atoms with Gasteiger partial charge in [-0.05, 0) is 31.4 Å². The fraction of sp³-hybridized carbons (Fsp3) is 0.684. The first kappa shape index (κ1) is 24.1. The van der Waals surface area contributed by atoms with E-state index in [-0.39, 0.29) is 44.7 Å². The van der Waals surface area contributed by atoms with Crippen molar-refractivity contribution in [2.45, 2.75) is 38.5 Å². The van der Waals surface area contributed by atoms with Crippen LogP contribution in [0.25, 0.3) is 0 Å². The molecule has 2 fully saturated rings. The van der Waals surface area contributed by atoms with Gasteiger partial charge in [-0.2, -0.15) is 26.3 Å². The summed E-state index contributed by atoms with van der Waals surface area (Å²) in [6.07, 6.45) is -8.30. The maximum atomic E-state index is 13.1. The number of hydrogen-bond acceptors (Lipinski definition) is 5. The van der Waals surface area contributed by atoms with Gasteiger partial charge in [0.05, 0.1) is 0 Å². The van der Waals surface area contributed by atoms with Crippen LogP contribution in [0.4, 0.5) is 32.2 Å². The molecule has 0 unspecified atom stereocenters. The topological polar surface area (TPSA) is 78.4 Å². The van der Waals surface area contributed by atoms with Gasteiger partial charge in [-0.1, -0.05) is 12.8 Å². The van der Waals surface area contributed by atoms with Crippen LogP contribution in [-0.2, 0) is 4.79 Å². The Bertz CT molecular complexity index is 816. The largest absolute Gasteiger partial charge is 0.411 e. The van der Waals surface area contributed by atoms with E-state index in [4.69, 9.17) is 0 Å². The number of amides is 2. The molecule has 13 heteroatoms. The zero-order valence-corrected chi connectivity index (χ0v) is 17.3. The smallest absolute Gasteiger partial charge is 0.352 e. The Morgan fingerprint density at radius 1 is 1.00 bits per heavy atom. The fourth-order valence-electron chi connectivity index (χ4n) is 3.36. The van der Waals surface area contributed by atoms with Gasteiger partial charge in [0.15, 0.2) is 11.5 Å². The Morgan fingerprint density at radius 3 is 2.06 bits per heavy atom. The summed E-state index contributed by atoms with van der Waals surface area (Å²) in [6, 6.07) is 2.94. The average molecular weight is 467 g/mol. The highest BCUT2D eigenvalue weighted by atomic mass is 19.4. The van der Waals surface area contributed by atoms with Crippen molar-refractivity contribution < 1.29 is 35.9 Å². The van der Waals surface area contributed by atoms with Crippen LogP contribution in [-0.4, -0.2) is 72.0 Å². The molecule has 2 heterocycles. The molecule has 2 amide bonds. The molecule has 0 radical (unpaired) electrons. The molecule has 1 N–H and O–H groups in total. The molecule has 1 aromatic rings. The molecule has 0 aromatic carbocycles. The predicted octanol–water partition coefficient (Wildman–Crippen LogP) is 2.79. The fourth-order valence-corrected chi connectivity index (χ4v) is 3.36. The van der Waals surface area contributed by atoms with E-state index in [1.165, 1.54) is 25.0 Å².